The predicted octanol–water partition coefficient (Wildman–Crippen LogP) is 0.902. The number of aliphatic hydroxyl groups is 1. The van der Waals surface area contributed by atoms with Crippen LogP contribution in [-0.4, -0.2) is 31.9 Å². The van der Waals surface area contributed by atoms with Crippen molar-refractivity contribution in [3.05, 3.63) is 24.2 Å². The predicted molar refractivity (Wildman–Crippen MR) is 65.1 cm³/mol. The summed E-state index contributed by atoms with van der Waals surface area (Å²) in [6.07, 6.45) is 3.26. The molecule has 0 fully saturated rings. The first-order valence-electron chi connectivity index (χ1n) is 5.67. The average molecular weight is 261 g/mol. The summed E-state index contributed by atoms with van der Waals surface area (Å²) in [4.78, 5) is 0. The van der Waals surface area contributed by atoms with Crippen LogP contribution in [0.15, 0.2) is 22.8 Å². The number of hydrogen-bond donors (Lipinski definition) is 2. The molecule has 0 amide bonds. The Bertz CT molecular complexity index is 399. The summed E-state index contributed by atoms with van der Waals surface area (Å²) in [6.45, 7) is 1.71. The highest BCUT2D eigenvalue weighted by molar-refractivity contribution is 7.89. The summed E-state index contributed by atoms with van der Waals surface area (Å²) < 4.78 is 30.8. The first-order chi connectivity index (χ1) is 8.03. The van der Waals surface area contributed by atoms with Crippen LogP contribution >= 0.6 is 0 Å². The van der Waals surface area contributed by atoms with Gasteiger partial charge in [-0.2, -0.15) is 0 Å². The van der Waals surface area contributed by atoms with Crippen LogP contribution in [-0.2, 0) is 16.4 Å². The number of sulfonamides is 1. The second-order valence-electron chi connectivity index (χ2n) is 4.03. The fourth-order valence-electron chi connectivity index (χ4n) is 1.49. The highest BCUT2D eigenvalue weighted by atomic mass is 32.2. The molecule has 1 rings (SSSR count). The van der Waals surface area contributed by atoms with E-state index in [1.54, 1.807) is 6.26 Å². The van der Waals surface area contributed by atoms with Gasteiger partial charge in [0.1, 0.15) is 5.76 Å². The summed E-state index contributed by atoms with van der Waals surface area (Å²) >= 11 is 0. The second kappa shape index (κ2) is 6.78. The summed E-state index contributed by atoms with van der Waals surface area (Å²) in [5.74, 6) is 0.820. The highest BCUT2D eigenvalue weighted by Gasteiger charge is 2.14. The van der Waals surface area contributed by atoms with E-state index >= 15 is 0 Å². The Morgan fingerprint density at radius 3 is 2.88 bits per heavy atom. The number of hydrogen-bond acceptors (Lipinski definition) is 4. The monoisotopic (exact) mass is 261 g/mol. The number of furan rings is 1. The normalized spacial score (nSPS) is 13.8. The zero-order chi connectivity index (χ0) is 12.7. The Balaban J connectivity index is 2.31. The minimum atomic E-state index is -3.27. The first-order valence-corrected chi connectivity index (χ1v) is 7.32. The van der Waals surface area contributed by atoms with E-state index in [9.17, 15) is 8.42 Å². The van der Waals surface area contributed by atoms with E-state index in [1.807, 2.05) is 19.1 Å². The Labute approximate surface area is 102 Å². The molecule has 1 heterocycles. The van der Waals surface area contributed by atoms with Crippen LogP contribution in [0.5, 0.6) is 0 Å². The van der Waals surface area contributed by atoms with Crippen molar-refractivity contribution < 1.29 is 17.9 Å². The van der Waals surface area contributed by atoms with Gasteiger partial charge in [0.15, 0.2) is 0 Å². The van der Waals surface area contributed by atoms with Crippen LogP contribution in [0.4, 0.5) is 0 Å². The third-order valence-corrected chi connectivity index (χ3v) is 3.94. The van der Waals surface area contributed by atoms with Crippen molar-refractivity contribution in [2.75, 3.05) is 12.4 Å². The topological polar surface area (TPSA) is 79.5 Å². The fraction of sp³-hybridized carbons (Fsp3) is 0.636. The van der Waals surface area contributed by atoms with E-state index in [2.05, 4.69) is 4.72 Å². The summed E-state index contributed by atoms with van der Waals surface area (Å²) in [5.41, 5.74) is 0. The molecule has 0 saturated heterocycles. The van der Waals surface area contributed by atoms with Crippen molar-refractivity contribution in [2.45, 2.75) is 32.2 Å². The van der Waals surface area contributed by atoms with E-state index in [1.165, 1.54) is 0 Å². The lowest BCUT2D eigenvalue weighted by Gasteiger charge is -2.13. The Kier molecular flexibility index (Phi) is 5.67. The van der Waals surface area contributed by atoms with Gasteiger partial charge < -0.3 is 9.52 Å². The van der Waals surface area contributed by atoms with Gasteiger partial charge in [-0.15, -0.1) is 0 Å². The third kappa shape index (κ3) is 5.86. The van der Waals surface area contributed by atoms with Crippen LogP contribution in [0.2, 0.25) is 0 Å². The molecule has 5 nitrogen and oxygen atoms in total. The Morgan fingerprint density at radius 1 is 1.53 bits per heavy atom. The van der Waals surface area contributed by atoms with Crippen molar-refractivity contribution in [2.24, 2.45) is 0 Å². The van der Waals surface area contributed by atoms with E-state index in [-0.39, 0.29) is 24.8 Å². The van der Waals surface area contributed by atoms with Crippen molar-refractivity contribution in [1.82, 2.24) is 4.72 Å². The molecule has 1 atom stereocenters. The minimum absolute atomic E-state index is 0.0331. The molecule has 0 radical (unpaired) electrons. The minimum Gasteiger partial charge on any atom is -0.469 e. The molecule has 1 aromatic rings. The van der Waals surface area contributed by atoms with Crippen LogP contribution < -0.4 is 4.72 Å². The van der Waals surface area contributed by atoms with Gasteiger partial charge in [-0.1, -0.05) is 0 Å². The van der Waals surface area contributed by atoms with Gasteiger partial charge in [-0.3, -0.25) is 0 Å². The SMILES string of the molecule is CC(CCc1ccco1)NS(=O)(=O)CCCO. The number of aryl methyl sites for hydroxylation is 1. The van der Waals surface area contributed by atoms with E-state index in [4.69, 9.17) is 9.52 Å². The lowest BCUT2D eigenvalue weighted by molar-refractivity contribution is 0.295. The summed E-state index contributed by atoms with van der Waals surface area (Å²) in [7, 11) is -3.27. The largest absolute Gasteiger partial charge is 0.469 e. The van der Waals surface area contributed by atoms with Gasteiger partial charge in [-0.05, 0) is 31.9 Å². The number of rotatable bonds is 8. The number of nitrogens with one attached hydrogen (secondary N) is 1. The molecule has 0 aromatic carbocycles. The van der Waals surface area contributed by atoms with Crippen LogP contribution in [0, 0.1) is 0 Å². The molecule has 0 aliphatic heterocycles. The van der Waals surface area contributed by atoms with E-state index < -0.39 is 10.0 Å². The second-order valence-corrected chi connectivity index (χ2v) is 5.91. The van der Waals surface area contributed by atoms with E-state index in [0.717, 1.165) is 5.76 Å². The lowest BCUT2D eigenvalue weighted by atomic mass is 10.2. The third-order valence-electron chi connectivity index (χ3n) is 2.36. The summed E-state index contributed by atoms with van der Waals surface area (Å²) in [5, 5.41) is 8.59. The maximum absolute atomic E-state index is 11.5. The lowest BCUT2D eigenvalue weighted by Crippen LogP contribution is -2.34. The molecule has 1 unspecified atom stereocenters. The fourth-order valence-corrected chi connectivity index (χ4v) is 2.85. The van der Waals surface area contributed by atoms with Crippen molar-refractivity contribution >= 4 is 10.0 Å². The first kappa shape index (κ1) is 14.2. The number of aliphatic hydroxyl groups excluding tert-OH is 1. The zero-order valence-corrected chi connectivity index (χ0v) is 10.7. The molecule has 6 heteroatoms. The molecule has 98 valence electrons. The van der Waals surface area contributed by atoms with Gasteiger partial charge in [0.05, 0.1) is 12.0 Å². The van der Waals surface area contributed by atoms with Crippen molar-refractivity contribution in [3.8, 4) is 0 Å². The van der Waals surface area contributed by atoms with Gasteiger partial charge >= 0.3 is 0 Å². The van der Waals surface area contributed by atoms with Crippen molar-refractivity contribution in [1.29, 1.82) is 0 Å². The molecule has 2 N–H and O–H groups in total. The van der Waals surface area contributed by atoms with E-state index in [0.29, 0.717) is 12.8 Å². The quantitative estimate of drug-likeness (QED) is 0.728. The zero-order valence-electron chi connectivity index (χ0n) is 9.93. The van der Waals surface area contributed by atoms with Crippen LogP contribution in [0.1, 0.15) is 25.5 Å². The molecule has 0 aliphatic rings. The van der Waals surface area contributed by atoms with Crippen molar-refractivity contribution in [3.63, 3.8) is 0 Å². The Hall–Kier alpha value is -0.850. The average Bonchev–Trinajstić information content (AvgIpc) is 2.76. The molecule has 0 bridgehead atoms. The highest BCUT2D eigenvalue weighted by Crippen LogP contribution is 2.06. The van der Waals surface area contributed by atoms with Gasteiger partial charge in [0.2, 0.25) is 10.0 Å². The molecular formula is C11H19NO4S. The van der Waals surface area contributed by atoms with Gasteiger partial charge in [-0.25, -0.2) is 13.1 Å². The molecule has 1 aromatic heterocycles. The van der Waals surface area contributed by atoms with Crippen LogP contribution in [0.25, 0.3) is 0 Å². The maximum Gasteiger partial charge on any atom is 0.211 e. The summed E-state index contributed by atoms with van der Waals surface area (Å²) in [6, 6.07) is 3.54. The van der Waals surface area contributed by atoms with Gasteiger partial charge in [0, 0.05) is 19.1 Å². The van der Waals surface area contributed by atoms with Gasteiger partial charge in [0.25, 0.3) is 0 Å². The van der Waals surface area contributed by atoms with Crippen LogP contribution in [0.3, 0.4) is 0 Å². The smallest absolute Gasteiger partial charge is 0.211 e. The molecule has 0 spiro atoms. The molecule has 17 heavy (non-hydrogen) atoms. The Morgan fingerprint density at radius 2 is 2.29 bits per heavy atom. The maximum atomic E-state index is 11.5. The standard InChI is InChI=1S/C11H19NO4S/c1-10(5-6-11-4-2-8-16-11)12-17(14,15)9-3-7-13/h2,4,8,10,12-13H,3,5-7,9H2,1H3. The molecular weight excluding hydrogens is 242 g/mol. The molecule has 0 saturated carbocycles. The molecule has 0 aliphatic carbocycles.